The summed E-state index contributed by atoms with van der Waals surface area (Å²) in [6, 6.07) is 8.50. The Morgan fingerprint density at radius 2 is 1.86 bits per heavy atom. The van der Waals surface area contributed by atoms with Crippen molar-refractivity contribution in [3.8, 4) is 5.75 Å². The number of benzene rings is 1. The van der Waals surface area contributed by atoms with Crippen molar-refractivity contribution in [2.45, 2.75) is 45.9 Å². The number of rotatable bonds is 6. The first-order valence-electron chi connectivity index (χ1n) is 7.32. The number of hydrogen-bond acceptors (Lipinski definition) is 3. The highest BCUT2D eigenvalue weighted by Gasteiger charge is 2.20. The summed E-state index contributed by atoms with van der Waals surface area (Å²) in [5.74, 6) is 2.69. The molecule has 1 aromatic carbocycles. The molecule has 112 valence electrons. The van der Waals surface area contributed by atoms with Gasteiger partial charge < -0.3 is 14.5 Å². The molecule has 1 saturated carbocycles. The molecule has 0 atom stereocenters. The third kappa shape index (κ3) is 3.80. The predicted octanol–water partition coefficient (Wildman–Crippen LogP) is 4.38. The molecule has 3 nitrogen and oxygen atoms in total. The van der Waals surface area contributed by atoms with E-state index in [-0.39, 0.29) is 0 Å². The Kier molecular flexibility index (Phi) is 4.22. The minimum atomic E-state index is 0.437. The number of aryl methyl sites for hydroxylation is 2. The van der Waals surface area contributed by atoms with E-state index in [9.17, 15) is 0 Å². The smallest absolute Gasteiger partial charge is 0.146 e. The summed E-state index contributed by atoms with van der Waals surface area (Å²) >= 11 is 6.03. The van der Waals surface area contributed by atoms with E-state index in [1.807, 2.05) is 38.1 Å². The SMILES string of the molecule is Cc1cc(Cl)cc(C)c1OCc1ccc(CNC2CC2)o1. The Morgan fingerprint density at radius 1 is 1.19 bits per heavy atom. The van der Waals surface area contributed by atoms with Gasteiger partial charge in [0.1, 0.15) is 23.9 Å². The molecule has 0 spiro atoms. The molecule has 0 radical (unpaired) electrons. The molecule has 1 aliphatic carbocycles. The second-order valence-electron chi connectivity index (χ2n) is 5.68. The lowest BCUT2D eigenvalue weighted by Gasteiger charge is -2.11. The van der Waals surface area contributed by atoms with Gasteiger partial charge in [-0.15, -0.1) is 0 Å². The van der Waals surface area contributed by atoms with Gasteiger partial charge in [-0.3, -0.25) is 0 Å². The van der Waals surface area contributed by atoms with Crippen molar-refractivity contribution >= 4 is 11.6 Å². The van der Waals surface area contributed by atoms with Crippen LogP contribution in [0.3, 0.4) is 0 Å². The zero-order valence-corrected chi connectivity index (χ0v) is 13.2. The van der Waals surface area contributed by atoms with Crippen LogP contribution in [0.4, 0.5) is 0 Å². The molecule has 0 saturated heterocycles. The zero-order valence-electron chi connectivity index (χ0n) is 12.4. The summed E-state index contributed by atoms with van der Waals surface area (Å²) in [5.41, 5.74) is 2.09. The van der Waals surface area contributed by atoms with E-state index in [1.165, 1.54) is 12.8 Å². The molecule has 1 heterocycles. The second-order valence-corrected chi connectivity index (χ2v) is 6.12. The van der Waals surface area contributed by atoms with Crippen LogP contribution < -0.4 is 10.1 Å². The van der Waals surface area contributed by atoms with E-state index in [4.69, 9.17) is 20.8 Å². The fourth-order valence-corrected chi connectivity index (χ4v) is 2.72. The molecule has 1 N–H and O–H groups in total. The summed E-state index contributed by atoms with van der Waals surface area (Å²) in [4.78, 5) is 0. The maximum Gasteiger partial charge on any atom is 0.146 e. The molecule has 1 aliphatic rings. The van der Waals surface area contributed by atoms with Crippen molar-refractivity contribution in [3.63, 3.8) is 0 Å². The fraction of sp³-hybridized carbons (Fsp3) is 0.412. The average Bonchev–Trinajstić information content (AvgIpc) is 3.14. The number of halogens is 1. The maximum atomic E-state index is 6.03. The van der Waals surface area contributed by atoms with E-state index in [1.54, 1.807) is 0 Å². The van der Waals surface area contributed by atoms with Crippen molar-refractivity contribution in [3.05, 3.63) is 51.9 Å². The van der Waals surface area contributed by atoms with E-state index in [0.717, 1.165) is 40.0 Å². The lowest BCUT2D eigenvalue weighted by atomic mass is 10.1. The van der Waals surface area contributed by atoms with Crippen molar-refractivity contribution in [1.29, 1.82) is 0 Å². The van der Waals surface area contributed by atoms with Crippen molar-refractivity contribution in [2.24, 2.45) is 0 Å². The van der Waals surface area contributed by atoms with Crippen LogP contribution in [0.1, 0.15) is 35.5 Å². The van der Waals surface area contributed by atoms with Gasteiger partial charge >= 0.3 is 0 Å². The van der Waals surface area contributed by atoms with E-state index < -0.39 is 0 Å². The Balaban J connectivity index is 1.59. The third-order valence-electron chi connectivity index (χ3n) is 3.64. The molecule has 1 fully saturated rings. The van der Waals surface area contributed by atoms with Gasteiger partial charge in [0.05, 0.1) is 6.54 Å². The number of furan rings is 1. The van der Waals surface area contributed by atoms with Crippen LogP contribution in [-0.2, 0) is 13.2 Å². The largest absolute Gasteiger partial charge is 0.485 e. The maximum absolute atomic E-state index is 6.03. The number of hydrogen-bond donors (Lipinski definition) is 1. The monoisotopic (exact) mass is 305 g/mol. The molecular weight excluding hydrogens is 286 g/mol. The molecule has 0 aliphatic heterocycles. The van der Waals surface area contributed by atoms with Gasteiger partial charge in [-0.2, -0.15) is 0 Å². The van der Waals surface area contributed by atoms with Gasteiger partial charge in [0.15, 0.2) is 0 Å². The van der Waals surface area contributed by atoms with Gasteiger partial charge in [0, 0.05) is 11.1 Å². The van der Waals surface area contributed by atoms with Crippen LogP contribution in [-0.4, -0.2) is 6.04 Å². The Labute approximate surface area is 130 Å². The molecule has 2 aromatic rings. The van der Waals surface area contributed by atoms with Crippen LogP contribution in [0.15, 0.2) is 28.7 Å². The lowest BCUT2D eigenvalue weighted by Crippen LogP contribution is -2.14. The van der Waals surface area contributed by atoms with Crippen LogP contribution in [0, 0.1) is 13.8 Å². The molecule has 0 amide bonds. The van der Waals surface area contributed by atoms with Gasteiger partial charge in [0.2, 0.25) is 0 Å². The molecular formula is C17H20ClNO2. The highest BCUT2D eigenvalue weighted by atomic mass is 35.5. The van der Waals surface area contributed by atoms with Crippen LogP contribution in [0.25, 0.3) is 0 Å². The normalized spacial score (nSPS) is 14.4. The van der Waals surface area contributed by atoms with E-state index in [0.29, 0.717) is 12.6 Å². The summed E-state index contributed by atoms with van der Waals surface area (Å²) in [7, 11) is 0. The number of nitrogens with one attached hydrogen (secondary N) is 1. The van der Waals surface area contributed by atoms with Gasteiger partial charge in [0.25, 0.3) is 0 Å². The summed E-state index contributed by atoms with van der Waals surface area (Å²) in [6.07, 6.45) is 2.57. The molecule has 0 unspecified atom stereocenters. The predicted molar refractivity (Wildman–Crippen MR) is 83.8 cm³/mol. The first kappa shape index (κ1) is 14.5. The molecule has 0 bridgehead atoms. The molecule has 3 rings (SSSR count). The van der Waals surface area contributed by atoms with Gasteiger partial charge in [-0.25, -0.2) is 0 Å². The summed E-state index contributed by atoms with van der Waals surface area (Å²) in [5, 5.41) is 4.17. The number of ether oxygens (including phenoxy) is 1. The highest BCUT2D eigenvalue weighted by molar-refractivity contribution is 6.30. The highest BCUT2D eigenvalue weighted by Crippen LogP contribution is 2.28. The second kappa shape index (κ2) is 6.12. The van der Waals surface area contributed by atoms with Gasteiger partial charge in [-0.1, -0.05) is 11.6 Å². The molecule has 1 aromatic heterocycles. The van der Waals surface area contributed by atoms with Crippen molar-refractivity contribution < 1.29 is 9.15 Å². The third-order valence-corrected chi connectivity index (χ3v) is 3.86. The fourth-order valence-electron chi connectivity index (χ4n) is 2.40. The first-order valence-corrected chi connectivity index (χ1v) is 7.70. The van der Waals surface area contributed by atoms with E-state index >= 15 is 0 Å². The minimum Gasteiger partial charge on any atom is -0.485 e. The first-order chi connectivity index (χ1) is 10.1. The van der Waals surface area contributed by atoms with Crippen molar-refractivity contribution in [2.75, 3.05) is 0 Å². The van der Waals surface area contributed by atoms with E-state index in [2.05, 4.69) is 5.32 Å². The lowest BCUT2D eigenvalue weighted by molar-refractivity contribution is 0.262. The minimum absolute atomic E-state index is 0.437. The topological polar surface area (TPSA) is 34.4 Å². The van der Waals surface area contributed by atoms with Gasteiger partial charge in [-0.05, 0) is 62.1 Å². The van der Waals surface area contributed by atoms with Crippen LogP contribution >= 0.6 is 11.6 Å². The molecule has 21 heavy (non-hydrogen) atoms. The Morgan fingerprint density at radius 3 is 2.52 bits per heavy atom. The molecule has 4 heteroatoms. The standard InChI is InChI=1S/C17H20ClNO2/c1-11-7-13(18)8-12(2)17(11)20-10-16-6-5-15(21-16)9-19-14-3-4-14/h5-8,14,19H,3-4,9-10H2,1-2H3. The van der Waals surface area contributed by atoms with Crippen LogP contribution in [0.2, 0.25) is 5.02 Å². The van der Waals surface area contributed by atoms with Crippen LogP contribution in [0.5, 0.6) is 5.75 Å². The average molecular weight is 306 g/mol. The Hall–Kier alpha value is -1.45. The summed E-state index contributed by atoms with van der Waals surface area (Å²) < 4.78 is 11.7. The van der Waals surface area contributed by atoms with Crippen molar-refractivity contribution in [1.82, 2.24) is 5.32 Å². The Bertz CT molecular complexity index is 608. The quantitative estimate of drug-likeness (QED) is 0.860. The zero-order chi connectivity index (χ0) is 14.8. The summed E-state index contributed by atoms with van der Waals surface area (Å²) in [6.45, 7) is 5.24.